The monoisotopic (exact) mass is 1010 g/mol. The molecule has 0 radical (unpaired) electrons. The second-order valence-electron chi connectivity index (χ2n) is 22.0. The van der Waals surface area contributed by atoms with Crippen molar-refractivity contribution in [3.05, 3.63) is 242 Å². The molecule has 2 fully saturated rings. The lowest BCUT2D eigenvalue weighted by atomic mass is 9.81. The number of furan rings is 2. The van der Waals surface area contributed by atoms with Crippen LogP contribution >= 0.6 is 0 Å². The number of nitrogens with zero attached hydrogens (tertiary/aromatic N) is 2. The van der Waals surface area contributed by atoms with E-state index in [4.69, 9.17) is 8.83 Å². The lowest BCUT2D eigenvalue weighted by Crippen LogP contribution is -2.15. The maximum atomic E-state index is 6.74. The number of benzene rings is 11. The van der Waals surface area contributed by atoms with Gasteiger partial charge in [0.05, 0.1) is 11.4 Å². The zero-order valence-corrected chi connectivity index (χ0v) is 43.9. The van der Waals surface area contributed by atoms with Gasteiger partial charge >= 0.3 is 0 Å². The number of rotatable bonds is 10. The van der Waals surface area contributed by atoms with Crippen molar-refractivity contribution in [2.45, 2.75) is 76.0 Å². The van der Waals surface area contributed by atoms with E-state index >= 15 is 0 Å². The van der Waals surface area contributed by atoms with E-state index in [-0.39, 0.29) is 0 Å². The van der Waals surface area contributed by atoms with Gasteiger partial charge in [-0.15, -0.1) is 0 Å². The van der Waals surface area contributed by atoms with Crippen LogP contribution in [0.5, 0.6) is 0 Å². The smallest absolute Gasteiger partial charge is 0.137 e. The highest BCUT2D eigenvalue weighted by atomic mass is 16.3. The van der Waals surface area contributed by atoms with Crippen LogP contribution < -0.4 is 9.80 Å². The summed E-state index contributed by atoms with van der Waals surface area (Å²) in [6, 6.07) is 85.6. The molecule has 2 aliphatic carbocycles. The maximum Gasteiger partial charge on any atom is 0.137 e. The van der Waals surface area contributed by atoms with Gasteiger partial charge in [-0.3, -0.25) is 0 Å². The minimum absolute atomic E-state index is 0.492. The highest BCUT2D eigenvalue weighted by Gasteiger charge is 2.29. The first-order valence-corrected chi connectivity index (χ1v) is 28.4. The molecule has 0 aliphatic heterocycles. The largest absolute Gasteiger partial charge is 0.456 e. The first-order valence-electron chi connectivity index (χ1n) is 28.4. The predicted molar refractivity (Wildman–Crippen MR) is 328 cm³/mol. The van der Waals surface area contributed by atoms with Crippen molar-refractivity contribution >= 4 is 99.5 Å². The van der Waals surface area contributed by atoms with Gasteiger partial charge < -0.3 is 18.6 Å². The highest BCUT2D eigenvalue weighted by molar-refractivity contribution is 6.24. The van der Waals surface area contributed by atoms with Crippen LogP contribution in [0.2, 0.25) is 0 Å². The van der Waals surface area contributed by atoms with E-state index < -0.39 is 0 Å². The Morgan fingerprint density at radius 3 is 1.03 bits per heavy atom. The Morgan fingerprint density at radius 1 is 0.256 bits per heavy atom. The lowest BCUT2D eigenvalue weighted by molar-refractivity contribution is 0.444. The highest BCUT2D eigenvalue weighted by Crippen LogP contribution is 2.54. The molecule has 4 heteroatoms. The van der Waals surface area contributed by atoms with Crippen molar-refractivity contribution in [2.24, 2.45) is 0 Å². The third-order valence-electron chi connectivity index (χ3n) is 17.4. The van der Waals surface area contributed by atoms with Gasteiger partial charge in [0.1, 0.15) is 22.3 Å². The Kier molecular flexibility index (Phi) is 11.7. The third kappa shape index (κ3) is 8.21. The summed E-state index contributed by atoms with van der Waals surface area (Å²) in [6.45, 7) is 0. The summed E-state index contributed by atoms with van der Waals surface area (Å²) >= 11 is 0. The molecule has 378 valence electrons. The van der Waals surface area contributed by atoms with Crippen molar-refractivity contribution in [3.63, 3.8) is 0 Å². The summed E-state index contributed by atoms with van der Waals surface area (Å²) in [5, 5.41) is 9.33. The fourth-order valence-corrected chi connectivity index (χ4v) is 13.5. The molecule has 0 N–H and O–H groups in total. The van der Waals surface area contributed by atoms with Crippen molar-refractivity contribution in [2.75, 3.05) is 9.80 Å². The zero-order chi connectivity index (χ0) is 51.5. The minimum atomic E-state index is 0.492. The lowest BCUT2D eigenvalue weighted by Gasteiger charge is -2.34. The number of hydrogen-bond donors (Lipinski definition) is 0. The van der Waals surface area contributed by atoms with Crippen LogP contribution in [0.4, 0.5) is 34.1 Å². The van der Waals surface area contributed by atoms with E-state index in [1.165, 1.54) is 131 Å². The van der Waals surface area contributed by atoms with Crippen molar-refractivity contribution in [1.29, 1.82) is 0 Å². The Hall–Kier alpha value is -8.86. The number of para-hydroxylation sites is 2. The van der Waals surface area contributed by atoms with Gasteiger partial charge in [-0.1, -0.05) is 184 Å². The molecular formula is C74H60N2O2. The Morgan fingerprint density at radius 2 is 0.603 bits per heavy atom. The SMILES string of the molecule is c1ccc(-c2ccc(N(c3ccc4c(c3)oc3ccccc34)c3c4ccc(C5CCCCC5)cc4c(N(c4ccc(-c5ccccc5)cc4)c4ccc5c(c4)oc4ccccc45)c4ccc(C5CCCCC5)cc34)cc2)cc1. The topological polar surface area (TPSA) is 32.8 Å². The van der Waals surface area contributed by atoms with E-state index in [1.54, 1.807) is 0 Å². The second-order valence-corrected chi connectivity index (χ2v) is 22.0. The molecule has 2 aromatic heterocycles. The Balaban J connectivity index is 1.05. The number of anilines is 6. The Bertz CT molecular complexity index is 4050. The first-order chi connectivity index (χ1) is 38.7. The molecule has 2 saturated carbocycles. The molecule has 13 aromatic rings. The van der Waals surface area contributed by atoms with Gasteiger partial charge in [0.15, 0.2) is 0 Å². The van der Waals surface area contributed by atoms with Crippen LogP contribution in [0, 0.1) is 0 Å². The van der Waals surface area contributed by atoms with E-state index in [0.717, 1.165) is 66.6 Å². The van der Waals surface area contributed by atoms with Crippen molar-refractivity contribution in [3.8, 4) is 22.3 Å². The van der Waals surface area contributed by atoms with Gasteiger partial charge in [0.25, 0.3) is 0 Å². The summed E-state index contributed by atoms with van der Waals surface area (Å²) in [6.07, 6.45) is 12.5. The van der Waals surface area contributed by atoms with Gasteiger partial charge in [-0.05, 0) is 144 Å². The summed E-state index contributed by atoms with van der Waals surface area (Å²) < 4.78 is 13.5. The van der Waals surface area contributed by atoms with Crippen LogP contribution in [0.15, 0.2) is 239 Å². The van der Waals surface area contributed by atoms with E-state index in [0.29, 0.717) is 11.8 Å². The fourth-order valence-electron chi connectivity index (χ4n) is 13.5. The molecule has 15 rings (SSSR count). The molecule has 4 nitrogen and oxygen atoms in total. The molecule has 0 spiro atoms. The van der Waals surface area contributed by atoms with Crippen LogP contribution in [-0.2, 0) is 0 Å². The standard InChI is InChI=1S/C74H60N2O2/c1-5-17-49(18-6-1)53-29-35-57(36-30-53)75(59-39-43-63-61-25-13-15-27-69(61)77-71(63)47-59)73-65-41-33-56(52-23-11-4-12-24-52)46-68(65)74(66-42-34-55(45-67(66)73)51-21-9-3-10-22-51)76(58-37-31-54(32-38-58)50-19-7-2-8-20-50)60-40-44-64-62-26-14-16-28-70(62)78-72(64)48-60/h1-2,5-8,13-20,25-48,51-52H,3-4,9-12,21-24H2. The normalized spacial score (nSPS) is 14.6. The predicted octanol–water partition coefficient (Wildman–Crippen LogP) is 22.2. The number of hydrogen-bond acceptors (Lipinski definition) is 4. The maximum absolute atomic E-state index is 6.74. The molecular weight excluding hydrogens is 949 g/mol. The number of fused-ring (bicyclic) bond motifs is 8. The van der Waals surface area contributed by atoms with Gasteiger partial charge in [0, 0.05) is 78.0 Å². The molecule has 0 unspecified atom stereocenters. The molecule has 0 amide bonds. The van der Waals surface area contributed by atoms with Crippen LogP contribution in [0.3, 0.4) is 0 Å². The second kappa shape index (κ2) is 19.6. The van der Waals surface area contributed by atoms with Crippen molar-refractivity contribution < 1.29 is 8.83 Å². The zero-order valence-electron chi connectivity index (χ0n) is 43.9. The van der Waals surface area contributed by atoms with Crippen LogP contribution in [0.25, 0.3) is 87.7 Å². The molecule has 0 atom stereocenters. The van der Waals surface area contributed by atoms with E-state index in [9.17, 15) is 0 Å². The molecule has 2 aliphatic rings. The first kappa shape index (κ1) is 46.4. The quantitative estimate of drug-likeness (QED) is 0.101. The Labute approximate surface area is 455 Å². The third-order valence-corrected chi connectivity index (χ3v) is 17.4. The summed E-state index contributed by atoms with van der Waals surface area (Å²) in [5.41, 5.74) is 17.8. The summed E-state index contributed by atoms with van der Waals surface area (Å²) in [7, 11) is 0. The molecule has 2 heterocycles. The average Bonchev–Trinajstić information content (AvgIpc) is 4.19. The van der Waals surface area contributed by atoms with E-state index in [1.807, 2.05) is 0 Å². The molecule has 78 heavy (non-hydrogen) atoms. The fraction of sp³-hybridized carbons (Fsp3) is 0.162. The summed E-state index contributed by atoms with van der Waals surface area (Å²) in [4.78, 5) is 5.08. The van der Waals surface area contributed by atoms with Gasteiger partial charge in [-0.25, -0.2) is 0 Å². The van der Waals surface area contributed by atoms with Crippen LogP contribution in [0.1, 0.15) is 87.2 Å². The minimum Gasteiger partial charge on any atom is -0.456 e. The van der Waals surface area contributed by atoms with Crippen LogP contribution in [-0.4, -0.2) is 0 Å². The van der Waals surface area contributed by atoms with E-state index in [2.05, 4.69) is 240 Å². The molecule has 11 aromatic carbocycles. The van der Waals surface area contributed by atoms with Crippen molar-refractivity contribution in [1.82, 2.24) is 0 Å². The summed E-state index contributed by atoms with van der Waals surface area (Å²) in [5.74, 6) is 0.984. The molecule has 0 bridgehead atoms. The van der Waals surface area contributed by atoms with Gasteiger partial charge in [-0.2, -0.15) is 0 Å². The van der Waals surface area contributed by atoms with Gasteiger partial charge in [0.2, 0.25) is 0 Å². The molecule has 0 saturated heterocycles. The average molecular weight is 1010 g/mol.